The Hall–Kier alpha value is -2.17. The number of nitrogens with zero attached hydrogens (tertiary/aromatic N) is 2. The molecule has 1 aromatic carbocycles. The van der Waals surface area contributed by atoms with Gasteiger partial charge in [0, 0.05) is 5.56 Å². The highest BCUT2D eigenvalue weighted by Gasteiger charge is 2.08. The molecule has 0 aliphatic carbocycles. The van der Waals surface area contributed by atoms with Crippen molar-refractivity contribution in [2.45, 2.75) is 6.92 Å². The molecule has 0 bridgehead atoms. The van der Waals surface area contributed by atoms with E-state index in [-0.39, 0.29) is 11.6 Å². The van der Waals surface area contributed by atoms with Crippen LogP contribution < -0.4 is 10.5 Å². The summed E-state index contributed by atoms with van der Waals surface area (Å²) >= 11 is 0. The first-order valence-corrected chi connectivity index (χ1v) is 5.22. The van der Waals surface area contributed by atoms with Gasteiger partial charge in [-0.25, -0.2) is 14.4 Å². The minimum Gasteiger partial charge on any atom is -0.494 e. The second kappa shape index (κ2) is 4.78. The zero-order valence-electron chi connectivity index (χ0n) is 9.35. The molecule has 0 atom stereocenters. The SMILES string of the molecule is CCOc1ccc(-c2nc(N)ncc2F)cc1. The molecule has 0 saturated heterocycles. The van der Waals surface area contributed by atoms with E-state index < -0.39 is 5.82 Å². The average molecular weight is 233 g/mol. The van der Waals surface area contributed by atoms with Crippen molar-refractivity contribution in [2.24, 2.45) is 0 Å². The fourth-order valence-electron chi connectivity index (χ4n) is 1.46. The van der Waals surface area contributed by atoms with Crippen molar-refractivity contribution in [2.75, 3.05) is 12.3 Å². The van der Waals surface area contributed by atoms with E-state index in [1.54, 1.807) is 24.3 Å². The van der Waals surface area contributed by atoms with Crippen LogP contribution in [0.4, 0.5) is 10.3 Å². The Bertz CT molecular complexity index is 514. The normalized spacial score (nSPS) is 10.2. The van der Waals surface area contributed by atoms with E-state index >= 15 is 0 Å². The van der Waals surface area contributed by atoms with Crippen LogP contribution in [0.5, 0.6) is 5.75 Å². The van der Waals surface area contributed by atoms with Gasteiger partial charge in [0.25, 0.3) is 0 Å². The summed E-state index contributed by atoms with van der Waals surface area (Å²) in [4.78, 5) is 7.45. The Balaban J connectivity index is 2.36. The number of aromatic nitrogens is 2. The number of halogens is 1. The number of rotatable bonds is 3. The van der Waals surface area contributed by atoms with Crippen LogP contribution in [0.3, 0.4) is 0 Å². The van der Waals surface area contributed by atoms with Crippen molar-refractivity contribution in [3.05, 3.63) is 36.3 Å². The van der Waals surface area contributed by atoms with Gasteiger partial charge in [-0.1, -0.05) is 0 Å². The van der Waals surface area contributed by atoms with Gasteiger partial charge in [-0.15, -0.1) is 0 Å². The van der Waals surface area contributed by atoms with Crippen LogP contribution in [0.1, 0.15) is 6.92 Å². The number of ether oxygens (including phenoxy) is 1. The van der Waals surface area contributed by atoms with Gasteiger partial charge in [0.15, 0.2) is 5.82 Å². The van der Waals surface area contributed by atoms with Crippen LogP contribution in [0, 0.1) is 5.82 Å². The molecule has 0 aliphatic heterocycles. The first-order valence-electron chi connectivity index (χ1n) is 5.22. The molecule has 1 aromatic heterocycles. The predicted octanol–water partition coefficient (Wildman–Crippen LogP) is 2.26. The first-order chi connectivity index (χ1) is 8.20. The highest BCUT2D eigenvalue weighted by Crippen LogP contribution is 2.23. The highest BCUT2D eigenvalue weighted by molar-refractivity contribution is 5.61. The smallest absolute Gasteiger partial charge is 0.220 e. The molecule has 2 rings (SSSR count). The van der Waals surface area contributed by atoms with Crippen LogP contribution in [-0.2, 0) is 0 Å². The van der Waals surface area contributed by atoms with Gasteiger partial charge in [-0.3, -0.25) is 0 Å². The third-order valence-electron chi connectivity index (χ3n) is 2.20. The van der Waals surface area contributed by atoms with Crippen molar-refractivity contribution >= 4 is 5.95 Å². The molecule has 88 valence electrons. The highest BCUT2D eigenvalue weighted by atomic mass is 19.1. The van der Waals surface area contributed by atoms with E-state index in [2.05, 4.69) is 9.97 Å². The third kappa shape index (κ3) is 2.50. The van der Waals surface area contributed by atoms with Gasteiger partial charge in [0.1, 0.15) is 11.4 Å². The van der Waals surface area contributed by atoms with Crippen molar-refractivity contribution in [1.29, 1.82) is 0 Å². The van der Waals surface area contributed by atoms with E-state index in [1.807, 2.05) is 6.92 Å². The summed E-state index contributed by atoms with van der Waals surface area (Å²) in [5.74, 6) is 0.289. The molecule has 0 aliphatic rings. The minimum atomic E-state index is -0.497. The number of nitrogen functional groups attached to an aromatic ring is 1. The molecule has 0 fully saturated rings. The van der Waals surface area contributed by atoms with Crippen LogP contribution in [-0.4, -0.2) is 16.6 Å². The molecule has 4 nitrogen and oxygen atoms in total. The largest absolute Gasteiger partial charge is 0.494 e. The number of anilines is 1. The Morgan fingerprint density at radius 2 is 2.00 bits per heavy atom. The Labute approximate surface area is 98.3 Å². The zero-order valence-corrected chi connectivity index (χ0v) is 9.35. The second-order valence-corrected chi connectivity index (χ2v) is 3.38. The molecule has 0 saturated carbocycles. The topological polar surface area (TPSA) is 61.0 Å². The van der Waals surface area contributed by atoms with E-state index in [4.69, 9.17) is 10.5 Å². The van der Waals surface area contributed by atoms with Gasteiger partial charge in [-0.05, 0) is 31.2 Å². The summed E-state index contributed by atoms with van der Waals surface area (Å²) in [6.07, 6.45) is 1.06. The standard InChI is InChI=1S/C12H12FN3O/c1-2-17-9-5-3-8(4-6-9)11-10(13)7-15-12(14)16-11/h3-7H,2H2,1H3,(H2,14,15,16). The summed E-state index contributed by atoms with van der Waals surface area (Å²) in [6, 6.07) is 6.98. The van der Waals surface area contributed by atoms with Gasteiger partial charge < -0.3 is 10.5 Å². The number of benzene rings is 1. The lowest BCUT2D eigenvalue weighted by Crippen LogP contribution is -1.99. The molecular weight excluding hydrogens is 221 g/mol. The molecule has 1 heterocycles. The molecule has 0 spiro atoms. The molecule has 0 unspecified atom stereocenters. The van der Waals surface area contributed by atoms with Gasteiger partial charge in [-0.2, -0.15) is 0 Å². The lowest BCUT2D eigenvalue weighted by Gasteiger charge is -2.05. The zero-order chi connectivity index (χ0) is 12.3. The van der Waals surface area contributed by atoms with Gasteiger partial charge >= 0.3 is 0 Å². The van der Waals surface area contributed by atoms with Gasteiger partial charge in [0.05, 0.1) is 12.8 Å². The Morgan fingerprint density at radius 3 is 2.65 bits per heavy atom. The molecule has 2 aromatic rings. The molecule has 17 heavy (non-hydrogen) atoms. The maximum Gasteiger partial charge on any atom is 0.220 e. The van der Waals surface area contributed by atoms with Crippen molar-refractivity contribution < 1.29 is 9.13 Å². The Morgan fingerprint density at radius 1 is 1.29 bits per heavy atom. The van der Waals surface area contributed by atoms with E-state index in [1.165, 1.54) is 0 Å². The summed E-state index contributed by atoms with van der Waals surface area (Å²) in [5, 5.41) is 0. The van der Waals surface area contributed by atoms with E-state index in [0.29, 0.717) is 12.2 Å². The van der Waals surface area contributed by atoms with Crippen molar-refractivity contribution in [3.8, 4) is 17.0 Å². The summed E-state index contributed by atoms with van der Waals surface area (Å²) < 4.78 is 18.8. The van der Waals surface area contributed by atoms with E-state index in [9.17, 15) is 4.39 Å². The number of hydrogen-bond acceptors (Lipinski definition) is 4. The summed E-state index contributed by atoms with van der Waals surface area (Å²) in [7, 11) is 0. The van der Waals surface area contributed by atoms with Crippen molar-refractivity contribution in [3.63, 3.8) is 0 Å². The fraction of sp³-hybridized carbons (Fsp3) is 0.167. The van der Waals surface area contributed by atoms with Crippen LogP contribution in [0.25, 0.3) is 11.3 Å². The number of nitrogens with two attached hydrogens (primary N) is 1. The molecule has 0 amide bonds. The number of hydrogen-bond donors (Lipinski definition) is 1. The molecule has 5 heteroatoms. The maximum absolute atomic E-state index is 13.5. The average Bonchev–Trinajstić information content (AvgIpc) is 2.34. The lowest BCUT2D eigenvalue weighted by molar-refractivity contribution is 0.340. The van der Waals surface area contributed by atoms with Crippen LogP contribution >= 0.6 is 0 Å². The predicted molar refractivity (Wildman–Crippen MR) is 63.0 cm³/mol. The Kier molecular flexibility index (Phi) is 3.18. The maximum atomic E-state index is 13.5. The third-order valence-corrected chi connectivity index (χ3v) is 2.20. The van der Waals surface area contributed by atoms with E-state index in [0.717, 1.165) is 11.9 Å². The van der Waals surface area contributed by atoms with Crippen LogP contribution in [0.2, 0.25) is 0 Å². The van der Waals surface area contributed by atoms with Crippen LogP contribution in [0.15, 0.2) is 30.5 Å². The monoisotopic (exact) mass is 233 g/mol. The summed E-state index contributed by atoms with van der Waals surface area (Å²) in [5.41, 5.74) is 6.26. The first kappa shape index (κ1) is 11.3. The second-order valence-electron chi connectivity index (χ2n) is 3.38. The molecule has 0 radical (unpaired) electrons. The fourth-order valence-corrected chi connectivity index (χ4v) is 1.46. The quantitative estimate of drug-likeness (QED) is 0.883. The molecule has 2 N–H and O–H groups in total. The van der Waals surface area contributed by atoms with Gasteiger partial charge in [0.2, 0.25) is 5.95 Å². The lowest BCUT2D eigenvalue weighted by atomic mass is 10.1. The summed E-state index contributed by atoms with van der Waals surface area (Å²) in [6.45, 7) is 2.49. The van der Waals surface area contributed by atoms with Crippen molar-refractivity contribution in [1.82, 2.24) is 9.97 Å². The minimum absolute atomic E-state index is 0.0512. The molecular formula is C12H12FN3O.